The van der Waals surface area contributed by atoms with Crippen LogP contribution in [0.1, 0.15) is 12.7 Å². The van der Waals surface area contributed by atoms with E-state index in [1.54, 1.807) is 22.8 Å². The van der Waals surface area contributed by atoms with Gasteiger partial charge in [-0.1, -0.05) is 6.92 Å². The number of hydrogen-bond donors (Lipinski definition) is 0. The lowest BCUT2D eigenvalue weighted by atomic mass is 9.95. The van der Waals surface area contributed by atoms with Gasteiger partial charge in [-0.15, -0.1) is 0 Å². The Labute approximate surface area is 142 Å². The molecule has 2 aromatic heterocycles. The van der Waals surface area contributed by atoms with Gasteiger partial charge in [-0.25, -0.2) is 18.9 Å². The van der Waals surface area contributed by atoms with Crippen LogP contribution in [0.25, 0.3) is 5.65 Å². The number of aryl methyl sites for hydroxylation is 1. The molecule has 0 saturated carbocycles. The number of rotatable bonds is 2. The Bertz CT molecular complexity index is 974. The van der Waals surface area contributed by atoms with E-state index >= 15 is 0 Å². The normalized spacial score (nSPS) is 20.2. The maximum atomic E-state index is 13.5. The van der Waals surface area contributed by atoms with Gasteiger partial charge in [-0.05, 0) is 42.6 Å². The lowest BCUT2D eigenvalue weighted by Gasteiger charge is -2.30. The van der Waals surface area contributed by atoms with E-state index in [0.29, 0.717) is 29.3 Å². The molecule has 120 valence electrons. The highest BCUT2D eigenvalue weighted by molar-refractivity contribution is 7.80. The number of aromatic nitrogens is 3. The molecule has 0 radical (unpaired) electrons. The van der Waals surface area contributed by atoms with E-state index in [4.69, 9.17) is 12.2 Å². The largest absolute Gasteiger partial charge is 0.273 e. The van der Waals surface area contributed by atoms with Gasteiger partial charge in [-0.2, -0.15) is 5.10 Å². The summed E-state index contributed by atoms with van der Waals surface area (Å²) in [6, 6.07) is 3.48. The summed E-state index contributed by atoms with van der Waals surface area (Å²) >= 11 is 5.29. The summed E-state index contributed by atoms with van der Waals surface area (Å²) in [4.78, 5) is 22.9. The van der Waals surface area contributed by atoms with Crippen molar-refractivity contribution in [2.24, 2.45) is 10.9 Å². The van der Waals surface area contributed by atoms with Crippen molar-refractivity contribution in [1.29, 1.82) is 0 Å². The van der Waals surface area contributed by atoms with E-state index in [1.807, 2.05) is 6.92 Å². The number of fused-ring (bicyclic) bond motifs is 2. The van der Waals surface area contributed by atoms with Crippen LogP contribution in [0.2, 0.25) is 0 Å². The second-order valence-electron chi connectivity index (χ2n) is 5.40. The van der Waals surface area contributed by atoms with Crippen molar-refractivity contribution in [1.82, 2.24) is 14.6 Å². The summed E-state index contributed by atoms with van der Waals surface area (Å²) in [6.07, 6.45) is 6.42. The number of pyridine rings is 1. The average molecular weight is 341 g/mol. The maximum Gasteiger partial charge on any atom is 0.246 e. The van der Waals surface area contributed by atoms with E-state index < -0.39 is 11.7 Å². The molecule has 0 spiro atoms. The third-order valence-corrected chi connectivity index (χ3v) is 4.18. The molecule has 1 amide bonds. The van der Waals surface area contributed by atoms with Gasteiger partial charge < -0.3 is 0 Å². The third kappa shape index (κ3) is 2.18. The molecule has 1 aliphatic carbocycles. The van der Waals surface area contributed by atoms with Crippen molar-refractivity contribution in [2.75, 3.05) is 4.90 Å². The van der Waals surface area contributed by atoms with E-state index in [-0.39, 0.29) is 11.0 Å². The molecule has 0 bridgehead atoms. The number of amides is 1. The lowest BCUT2D eigenvalue weighted by molar-refractivity contribution is -0.118. The van der Waals surface area contributed by atoms with E-state index in [1.165, 1.54) is 23.1 Å². The number of anilines is 1. The molecule has 6 nitrogen and oxygen atoms in total. The molecule has 0 fully saturated rings. The molecular formula is C16H12FN5OS. The molecule has 4 rings (SSSR count). The highest BCUT2D eigenvalue weighted by Crippen LogP contribution is 2.29. The van der Waals surface area contributed by atoms with Gasteiger partial charge in [0.1, 0.15) is 11.7 Å². The zero-order valence-corrected chi connectivity index (χ0v) is 13.5. The van der Waals surface area contributed by atoms with Crippen molar-refractivity contribution in [3.63, 3.8) is 0 Å². The van der Waals surface area contributed by atoms with Gasteiger partial charge in [0.05, 0.1) is 11.4 Å². The maximum absolute atomic E-state index is 13.5. The summed E-state index contributed by atoms with van der Waals surface area (Å²) in [5, 5.41) is 4.45. The van der Waals surface area contributed by atoms with Gasteiger partial charge >= 0.3 is 0 Å². The van der Waals surface area contributed by atoms with Crippen LogP contribution in [0.4, 0.5) is 10.1 Å². The van der Waals surface area contributed by atoms with Crippen LogP contribution < -0.4 is 4.90 Å². The molecule has 0 N–H and O–H groups in total. The van der Waals surface area contributed by atoms with Crippen LogP contribution in [0.3, 0.4) is 0 Å². The van der Waals surface area contributed by atoms with Crippen molar-refractivity contribution < 1.29 is 9.18 Å². The Balaban J connectivity index is 1.87. The molecule has 1 unspecified atom stereocenters. The number of halogens is 1. The molecule has 0 saturated heterocycles. The minimum Gasteiger partial charge on any atom is -0.273 e. The lowest BCUT2D eigenvalue weighted by Crippen LogP contribution is -2.46. The van der Waals surface area contributed by atoms with Gasteiger partial charge in [0, 0.05) is 12.6 Å². The van der Waals surface area contributed by atoms with Crippen molar-refractivity contribution in [2.45, 2.75) is 13.3 Å². The quantitative estimate of drug-likeness (QED) is 0.787. The number of aliphatic imine (C=N–C) groups is 1. The van der Waals surface area contributed by atoms with Crippen LogP contribution in [0.15, 0.2) is 47.4 Å². The highest BCUT2D eigenvalue weighted by atomic mass is 32.1. The highest BCUT2D eigenvalue weighted by Gasteiger charge is 2.37. The minimum atomic E-state index is -0.782. The van der Waals surface area contributed by atoms with Crippen molar-refractivity contribution in [3.05, 3.63) is 48.2 Å². The Kier molecular flexibility index (Phi) is 3.34. The van der Waals surface area contributed by atoms with Gasteiger partial charge in [0.25, 0.3) is 0 Å². The summed E-state index contributed by atoms with van der Waals surface area (Å²) in [5.41, 5.74) is 1.45. The number of allylic oxidation sites excluding steroid dienone is 3. The fourth-order valence-corrected chi connectivity index (χ4v) is 3.04. The minimum absolute atomic E-state index is 0.112. The van der Waals surface area contributed by atoms with E-state index in [2.05, 4.69) is 15.1 Å². The summed E-state index contributed by atoms with van der Waals surface area (Å²) < 4.78 is 15.1. The SMILES string of the molecule is CCc1nc2c(N3C(=O)C4C=C(F)C=CC4=NC3=S)cccn2n1. The van der Waals surface area contributed by atoms with E-state index in [0.717, 1.165) is 0 Å². The average Bonchev–Trinajstić information content (AvgIpc) is 3.00. The molecule has 0 aromatic carbocycles. The number of thiocarbonyl (C=S) groups is 1. The van der Waals surface area contributed by atoms with Crippen LogP contribution in [0, 0.1) is 5.92 Å². The van der Waals surface area contributed by atoms with E-state index in [9.17, 15) is 9.18 Å². The predicted octanol–water partition coefficient (Wildman–Crippen LogP) is 2.40. The van der Waals surface area contributed by atoms with Gasteiger partial charge in [0.2, 0.25) is 11.0 Å². The fraction of sp³-hybridized carbons (Fsp3) is 0.188. The zero-order chi connectivity index (χ0) is 16.8. The van der Waals surface area contributed by atoms with Crippen LogP contribution in [-0.2, 0) is 11.2 Å². The number of hydrogen-bond acceptors (Lipinski definition) is 4. The summed E-state index contributed by atoms with van der Waals surface area (Å²) in [5.74, 6) is -0.934. The van der Waals surface area contributed by atoms with Crippen LogP contribution >= 0.6 is 12.2 Å². The number of carbonyl (C=O) groups is 1. The first-order valence-electron chi connectivity index (χ1n) is 7.44. The monoisotopic (exact) mass is 341 g/mol. The first-order valence-corrected chi connectivity index (χ1v) is 7.85. The Hall–Kier alpha value is -2.74. The third-order valence-electron chi connectivity index (χ3n) is 3.90. The topological polar surface area (TPSA) is 62.9 Å². The number of carbonyl (C=O) groups excluding carboxylic acids is 1. The second-order valence-corrected chi connectivity index (χ2v) is 5.76. The molecule has 1 aliphatic heterocycles. The summed E-state index contributed by atoms with van der Waals surface area (Å²) in [7, 11) is 0. The van der Waals surface area contributed by atoms with Crippen LogP contribution in [0.5, 0.6) is 0 Å². The Morgan fingerprint density at radius 2 is 2.21 bits per heavy atom. The standard InChI is InChI=1S/C16H12FN5OS/c1-2-13-19-14-12(4-3-7-21(14)20-13)22-15(23)10-8-9(17)5-6-11(10)18-16(22)24/h3-8,10H,2H2,1H3. The van der Waals surface area contributed by atoms with Crippen molar-refractivity contribution >= 4 is 40.3 Å². The zero-order valence-electron chi connectivity index (χ0n) is 12.7. The number of nitrogens with zero attached hydrogens (tertiary/aromatic N) is 5. The molecule has 1 atom stereocenters. The van der Waals surface area contributed by atoms with Gasteiger partial charge in [-0.3, -0.25) is 9.69 Å². The van der Waals surface area contributed by atoms with Gasteiger partial charge in [0.15, 0.2) is 11.5 Å². The molecule has 2 aliphatic rings. The molecule has 8 heteroatoms. The summed E-state index contributed by atoms with van der Waals surface area (Å²) in [6.45, 7) is 1.95. The van der Waals surface area contributed by atoms with Crippen molar-refractivity contribution in [3.8, 4) is 0 Å². The fourth-order valence-electron chi connectivity index (χ4n) is 2.75. The predicted molar refractivity (Wildman–Crippen MR) is 91.7 cm³/mol. The smallest absolute Gasteiger partial charge is 0.246 e. The second kappa shape index (κ2) is 5.41. The molecule has 2 aromatic rings. The van der Waals surface area contributed by atoms with Crippen LogP contribution in [-0.4, -0.2) is 31.3 Å². The molecule has 3 heterocycles. The molecular weight excluding hydrogens is 329 g/mol. The first kappa shape index (κ1) is 14.8. The first-order chi connectivity index (χ1) is 11.6. The molecule has 24 heavy (non-hydrogen) atoms. The Morgan fingerprint density at radius 3 is 3.00 bits per heavy atom. The Morgan fingerprint density at radius 1 is 1.38 bits per heavy atom.